The Morgan fingerprint density at radius 2 is 1.67 bits per heavy atom. The molecule has 2 amide bonds. The number of ether oxygens (including phenoxy) is 2. The van der Waals surface area contributed by atoms with Crippen LogP contribution in [-0.2, 0) is 41.5 Å². The summed E-state index contributed by atoms with van der Waals surface area (Å²) < 4.78 is 12.5. The van der Waals surface area contributed by atoms with Gasteiger partial charge >= 0.3 is 11.9 Å². The van der Waals surface area contributed by atoms with Gasteiger partial charge in [-0.15, -0.1) is 0 Å². The normalized spacial score (nSPS) is 12.6. The van der Waals surface area contributed by atoms with Crippen molar-refractivity contribution < 1.29 is 28.7 Å². The molecule has 0 aliphatic carbocycles. The summed E-state index contributed by atoms with van der Waals surface area (Å²) in [4.78, 5) is 46.1. The third kappa shape index (κ3) is 12.6. The Kier molecular flexibility index (Phi) is 14.8. The van der Waals surface area contributed by atoms with Gasteiger partial charge < -0.3 is 32.3 Å². The molecule has 10 heteroatoms. The minimum absolute atomic E-state index is 0.245. The third-order valence-corrected chi connectivity index (χ3v) is 4.85. The molecule has 0 spiro atoms. The van der Waals surface area contributed by atoms with E-state index in [1.807, 2.05) is 0 Å². The van der Waals surface area contributed by atoms with Crippen LogP contribution in [0.4, 0.5) is 0 Å². The molecule has 0 heterocycles. The number of nitrogens with one attached hydrogen (secondary N) is 2. The fourth-order valence-corrected chi connectivity index (χ4v) is 3.16. The number of hydrogen-bond donors (Lipinski definition) is 2. The smallest absolute Gasteiger partial charge is 0.305 e. The maximum Gasteiger partial charge on any atom is 0.305 e. The van der Waals surface area contributed by atoms with E-state index in [0.717, 1.165) is 0 Å². The van der Waals surface area contributed by atoms with Crippen molar-refractivity contribution in [3.05, 3.63) is 0 Å². The summed E-state index contributed by atoms with van der Waals surface area (Å²) in [6, 6.07) is -0.743. The predicted octanol–water partition coefficient (Wildman–Crippen LogP) is 1.25. The van der Waals surface area contributed by atoms with Crippen molar-refractivity contribution in [3.63, 3.8) is 0 Å². The average Bonchev–Trinajstić information content (AvgIpc) is 2.68. The molecule has 0 radical (unpaired) electrons. The highest BCUT2D eigenvalue weighted by Gasteiger charge is 2.20. The molecule has 0 saturated carbocycles. The molecule has 0 aromatic carbocycles. The zero-order valence-corrected chi connectivity index (χ0v) is 17.7. The van der Waals surface area contributed by atoms with Crippen molar-refractivity contribution in [2.24, 2.45) is 0 Å². The fraction of sp³-hybridized carbons (Fsp3) is 0.765. The van der Waals surface area contributed by atoms with E-state index in [4.69, 9.17) is 9.47 Å². The molecule has 0 fully saturated rings. The van der Waals surface area contributed by atoms with Gasteiger partial charge in [0.2, 0.25) is 11.8 Å². The minimum atomic E-state index is -0.743. The molecule has 0 rings (SSSR count). The highest BCUT2D eigenvalue weighted by molar-refractivity contribution is 7.99. The number of carbonyl (C=O) groups excluding carboxylic acids is 4. The Hall–Kier alpha value is -1.42. The molecule has 2 atom stereocenters. The lowest BCUT2D eigenvalue weighted by atomic mass is 10.2. The molecular weight excluding hydrogens is 392 g/mol. The summed E-state index contributed by atoms with van der Waals surface area (Å²) in [7, 11) is 0. The molecule has 0 aromatic rings. The molecule has 0 bridgehead atoms. The molecule has 0 saturated heterocycles. The summed E-state index contributed by atoms with van der Waals surface area (Å²) in [5.41, 5.74) is 0. The van der Waals surface area contributed by atoms with Gasteiger partial charge in [0.25, 0.3) is 0 Å². The molecule has 0 aliphatic heterocycles. The van der Waals surface area contributed by atoms with E-state index in [-0.39, 0.29) is 43.4 Å². The van der Waals surface area contributed by atoms with Gasteiger partial charge in [-0.2, -0.15) is 11.8 Å². The van der Waals surface area contributed by atoms with Crippen LogP contribution in [0.1, 0.15) is 52.9 Å². The maximum absolute atomic E-state index is 11.8. The zero-order valence-electron chi connectivity index (χ0n) is 16.1. The van der Waals surface area contributed by atoms with Crippen molar-refractivity contribution >= 4 is 48.3 Å². The minimum Gasteiger partial charge on any atom is -0.668 e. The first-order valence-electron chi connectivity index (χ1n) is 9.01. The number of rotatable bonds is 14. The van der Waals surface area contributed by atoms with Crippen LogP contribution in [0.15, 0.2) is 0 Å². The first-order valence-corrected chi connectivity index (χ1v) is 10.6. The monoisotopic (exact) mass is 421 g/mol. The van der Waals surface area contributed by atoms with E-state index >= 15 is 0 Å². The van der Waals surface area contributed by atoms with Gasteiger partial charge in [-0.1, -0.05) is 20.8 Å². The van der Waals surface area contributed by atoms with Crippen LogP contribution in [0.2, 0.25) is 0 Å². The number of amides is 2. The van der Waals surface area contributed by atoms with E-state index in [1.54, 1.807) is 20.8 Å². The highest BCUT2D eigenvalue weighted by Crippen LogP contribution is 2.14. The molecule has 27 heavy (non-hydrogen) atoms. The standard InChI is InChI=1S/C17H29N2O6S2/c1-4-14(20)18-13(17(23)19-26)11-27-10-12(25-16(22)6-3)8-7-9-24-15(21)5-2/h12-13H,4-11H2,1-3H3,(H2-,18,19,20,23,26)/q-1/t12-,13-/m0/s1. The van der Waals surface area contributed by atoms with Crippen LogP contribution in [0.5, 0.6) is 0 Å². The molecule has 156 valence electrons. The van der Waals surface area contributed by atoms with Gasteiger partial charge in [0.05, 0.1) is 6.61 Å². The van der Waals surface area contributed by atoms with Crippen LogP contribution in [0, 0.1) is 0 Å². The number of esters is 2. The van der Waals surface area contributed by atoms with Crippen molar-refractivity contribution in [2.75, 3.05) is 18.1 Å². The van der Waals surface area contributed by atoms with Gasteiger partial charge in [-0.3, -0.25) is 19.2 Å². The van der Waals surface area contributed by atoms with Crippen LogP contribution in [-0.4, -0.2) is 54.0 Å². The van der Waals surface area contributed by atoms with Gasteiger partial charge in [0, 0.05) is 30.8 Å². The van der Waals surface area contributed by atoms with E-state index in [0.29, 0.717) is 30.8 Å². The number of hydrogen-bond acceptors (Lipinski definition) is 8. The highest BCUT2D eigenvalue weighted by atomic mass is 32.2. The Bertz CT molecular complexity index is 490. The first kappa shape index (κ1) is 25.6. The van der Waals surface area contributed by atoms with Crippen molar-refractivity contribution in [1.29, 1.82) is 0 Å². The largest absolute Gasteiger partial charge is 0.668 e. The Balaban J connectivity index is 4.52. The molecule has 0 unspecified atom stereocenters. The van der Waals surface area contributed by atoms with Crippen LogP contribution in [0.3, 0.4) is 0 Å². The average molecular weight is 422 g/mol. The van der Waals surface area contributed by atoms with Crippen LogP contribution >= 0.6 is 11.8 Å². The fourth-order valence-electron chi connectivity index (χ4n) is 1.91. The van der Waals surface area contributed by atoms with E-state index in [1.165, 1.54) is 11.8 Å². The van der Waals surface area contributed by atoms with Crippen molar-refractivity contribution in [3.8, 4) is 0 Å². The SMILES string of the molecule is CCC(=O)N[C@@H](CSC[C@H](CCCOC(=O)CC)OC(=O)CC)C(=O)N[S-]. The van der Waals surface area contributed by atoms with E-state index in [2.05, 4.69) is 22.9 Å². The summed E-state index contributed by atoms with van der Waals surface area (Å²) in [5, 5.41) is 2.61. The van der Waals surface area contributed by atoms with Crippen molar-refractivity contribution in [1.82, 2.24) is 10.0 Å². The van der Waals surface area contributed by atoms with Crippen LogP contribution < -0.4 is 10.0 Å². The van der Waals surface area contributed by atoms with Gasteiger partial charge in [-0.25, -0.2) is 0 Å². The Morgan fingerprint density at radius 1 is 1.00 bits per heavy atom. The molecule has 0 aromatic heterocycles. The lowest BCUT2D eigenvalue weighted by Crippen LogP contribution is -2.47. The van der Waals surface area contributed by atoms with E-state index in [9.17, 15) is 19.2 Å². The van der Waals surface area contributed by atoms with Crippen LogP contribution in [0.25, 0.3) is 0 Å². The maximum atomic E-state index is 11.8. The molecular formula is C17H29N2O6S2-. The van der Waals surface area contributed by atoms with Gasteiger partial charge in [0.1, 0.15) is 12.1 Å². The second kappa shape index (κ2) is 15.6. The second-order valence-corrected chi connectivity index (χ2v) is 6.94. The molecule has 8 nitrogen and oxygen atoms in total. The predicted molar refractivity (Wildman–Crippen MR) is 106 cm³/mol. The Labute approximate surface area is 170 Å². The van der Waals surface area contributed by atoms with Gasteiger partial charge in [0.15, 0.2) is 0 Å². The van der Waals surface area contributed by atoms with Gasteiger partial charge in [-0.05, 0) is 12.8 Å². The quantitative estimate of drug-likeness (QED) is 0.245. The summed E-state index contributed by atoms with van der Waals surface area (Å²) >= 11 is 5.93. The Morgan fingerprint density at radius 3 is 2.22 bits per heavy atom. The second-order valence-electron chi connectivity index (χ2n) is 5.66. The summed E-state index contributed by atoms with van der Waals surface area (Å²) in [6.45, 7) is 5.39. The molecule has 0 aliphatic rings. The number of carbonyl (C=O) groups is 4. The summed E-state index contributed by atoms with van der Waals surface area (Å²) in [6.07, 6.45) is 1.58. The number of thioether (sulfide) groups is 1. The lowest BCUT2D eigenvalue weighted by Gasteiger charge is -2.22. The third-order valence-electron chi connectivity index (χ3n) is 3.47. The van der Waals surface area contributed by atoms with E-state index < -0.39 is 11.9 Å². The zero-order chi connectivity index (χ0) is 20.7. The first-order chi connectivity index (χ1) is 12.9. The summed E-state index contributed by atoms with van der Waals surface area (Å²) in [5.74, 6) is -0.518. The topological polar surface area (TPSA) is 111 Å². The lowest BCUT2D eigenvalue weighted by molar-refractivity contribution is -0.149. The van der Waals surface area contributed by atoms with Crippen molar-refractivity contribution in [2.45, 2.75) is 65.0 Å². The molecule has 2 N–H and O–H groups in total.